The Hall–Kier alpha value is -1.81. The number of likely N-dealkylation sites (N-methyl/N-ethyl adjacent to an activating group) is 1. The fourth-order valence-electron chi connectivity index (χ4n) is 1.93. The van der Waals surface area contributed by atoms with Gasteiger partial charge >= 0.3 is 0 Å². The van der Waals surface area contributed by atoms with Crippen molar-refractivity contribution in [3.05, 3.63) is 35.4 Å². The molecule has 0 saturated heterocycles. The molecule has 20 heavy (non-hydrogen) atoms. The highest BCUT2D eigenvalue weighted by molar-refractivity contribution is 5.92. The van der Waals surface area contributed by atoms with E-state index in [2.05, 4.69) is 0 Å². The second-order valence-corrected chi connectivity index (χ2v) is 5.59. The highest BCUT2D eigenvalue weighted by Crippen LogP contribution is 2.21. The molecule has 0 bridgehead atoms. The maximum Gasteiger partial charge on any atom is 0.246 e. The van der Waals surface area contributed by atoms with Gasteiger partial charge in [-0.25, -0.2) is 0 Å². The smallest absolute Gasteiger partial charge is 0.246 e. The average molecular weight is 277 g/mol. The van der Waals surface area contributed by atoms with Crippen molar-refractivity contribution < 1.29 is 14.6 Å². The number of nitrogens with zero attached hydrogens (tertiary/aromatic N) is 1. The van der Waals surface area contributed by atoms with Gasteiger partial charge in [-0.2, -0.15) is 0 Å². The predicted octanol–water partition coefficient (Wildman–Crippen LogP) is 2.25. The van der Waals surface area contributed by atoms with E-state index in [9.17, 15) is 9.90 Å². The van der Waals surface area contributed by atoms with Crippen LogP contribution in [0.1, 0.15) is 25.0 Å². The number of ether oxygens (including phenoxy) is 1. The summed E-state index contributed by atoms with van der Waals surface area (Å²) in [5.41, 5.74) is 1.06. The topological polar surface area (TPSA) is 49.8 Å². The number of benzene rings is 1. The molecular weight excluding hydrogens is 254 g/mol. The largest absolute Gasteiger partial charge is 0.496 e. The number of carbonyl (C=O) groups is 1. The Labute approximate surface area is 120 Å². The van der Waals surface area contributed by atoms with Crippen molar-refractivity contribution in [1.82, 2.24) is 4.90 Å². The first-order valence-corrected chi connectivity index (χ1v) is 6.53. The molecule has 0 unspecified atom stereocenters. The summed E-state index contributed by atoms with van der Waals surface area (Å²) in [6.07, 6.45) is 3.22. The molecule has 0 fully saturated rings. The van der Waals surface area contributed by atoms with Gasteiger partial charge in [0.05, 0.1) is 12.7 Å². The van der Waals surface area contributed by atoms with E-state index in [0.29, 0.717) is 0 Å². The van der Waals surface area contributed by atoms with E-state index < -0.39 is 5.60 Å². The van der Waals surface area contributed by atoms with E-state index in [1.165, 1.54) is 11.0 Å². The van der Waals surface area contributed by atoms with Crippen LogP contribution in [0.2, 0.25) is 0 Å². The Balaban J connectivity index is 2.82. The van der Waals surface area contributed by atoms with Crippen LogP contribution >= 0.6 is 0 Å². The molecule has 1 amide bonds. The summed E-state index contributed by atoms with van der Waals surface area (Å²) >= 11 is 0. The Bertz CT molecular complexity index is 501. The van der Waals surface area contributed by atoms with Crippen molar-refractivity contribution in [3.63, 3.8) is 0 Å². The van der Waals surface area contributed by atoms with Gasteiger partial charge in [0.2, 0.25) is 5.91 Å². The number of methoxy groups -OCH3 is 1. The van der Waals surface area contributed by atoms with Crippen LogP contribution in [0.3, 0.4) is 0 Å². The zero-order valence-electron chi connectivity index (χ0n) is 12.8. The molecule has 0 aliphatic carbocycles. The van der Waals surface area contributed by atoms with Crippen LogP contribution in [0.15, 0.2) is 24.3 Å². The van der Waals surface area contributed by atoms with Crippen molar-refractivity contribution in [3.8, 4) is 5.75 Å². The van der Waals surface area contributed by atoms with Crippen LogP contribution in [0.5, 0.6) is 5.75 Å². The van der Waals surface area contributed by atoms with E-state index >= 15 is 0 Å². The van der Waals surface area contributed by atoms with E-state index in [0.717, 1.165) is 16.9 Å². The van der Waals surface area contributed by atoms with E-state index in [1.807, 2.05) is 25.1 Å². The monoisotopic (exact) mass is 277 g/mol. The van der Waals surface area contributed by atoms with Crippen LogP contribution in [-0.2, 0) is 4.79 Å². The normalized spacial score (nSPS) is 11.7. The number of aliphatic hydroxyl groups is 1. The molecule has 0 radical (unpaired) electrons. The Morgan fingerprint density at radius 1 is 1.45 bits per heavy atom. The lowest BCUT2D eigenvalue weighted by atomic mass is 10.1. The maximum atomic E-state index is 12.0. The molecule has 0 heterocycles. The van der Waals surface area contributed by atoms with Gasteiger partial charge in [0.15, 0.2) is 0 Å². The number of hydrogen-bond acceptors (Lipinski definition) is 3. The van der Waals surface area contributed by atoms with E-state index in [1.54, 1.807) is 34.1 Å². The lowest BCUT2D eigenvalue weighted by Gasteiger charge is -2.24. The number of rotatable bonds is 5. The molecule has 1 aromatic carbocycles. The lowest BCUT2D eigenvalue weighted by Crippen LogP contribution is -2.38. The second-order valence-electron chi connectivity index (χ2n) is 5.59. The van der Waals surface area contributed by atoms with Crippen molar-refractivity contribution in [1.29, 1.82) is 0 Å². The molecule has 0 aliphatic rings. The van der Waals surface area contributed by atoms with Gasteiger partial charge in [0, 0.05) is 25.2 Å². The standard InChI is InChI=1S/C16H23NO3/c1-12-6-8-14(20-5)13(10-12)7-9-15(18)17(4)11-16(2,3)19/h6-10,19H,11H2,1-5H3/b9-7+. The van der Waals surface area contributed by atoms with Crippen LogP contribution in [0.25, 0.3) is 6.08 Å². The minimum absolute atomic E-state index is 0.157. The number of aryl methyl sites for hydroxylation is 1. The highest BCUT2D eigenvalue weighted by atomic mass is 16.5. The maximum absolute atomic E-state index is 12.0. The summed E-state index contributed by atoms with van der Waals surface area (Å²) < 4.78 is 5.26. The summed E-state index contributed by atoms with van der Waals surface area (Å²) in [5.74, 6) is 0.570. The zero-order chi connectivity index (χ0) is 15.3. The minimum Gasteiger partial charge on any atom is -0.496 e. The molecule has 0 atom stereocenters. The van der Waals surface area contributed by atoms with Crippen LogP contribution in [0.4, 0.5) is 0 Å². The van der Waals surface area contributed by atoms with Crippen molar-refractivity contribution in [2.45, 2.75) is 26.4 Å². The lowest BCUT2D eigenvalue weighted by molar-refractivity contribution is -0.127. The van der Waals surface area contributed by atoms with Gasteiger partial charge in [0.1, 0.15) is 5.75 Å². The zero-order valence-corrected chi connectivity index (χ0v) is 12.8. The van der Waals surface area contributed by atoms with E-state index in [-0.39, 0.29) is 12.5 Å². The fourth-order valence-corrected chi connectivity index (χ4v) is 1.93. The second kappa shape index (κ2) is 6.57. The molecule has 4 nitrogen and oxygen atoms in total. The van der Waals surface area contributed by atoms with Gasteiger partial charge in [-0.15, -0.1) is 0 Å². The summed E-state index contributed by atoms with van der Waals surface area (Å²) in [7, 11) is 3.27. The van der Waals surface area contributed by atoms with Gasteiger partial charge < -0.3 is 14.7 Å². The molecule has 1 rings (SSSR count). The van der Waals surface area contributed by atoms with E-state index in [4.69, 9.17) is 4.74 Å². The molecule has 1 aromatic rings. The number of carbonyl (C=O) groups excluding carboxylic acids is 1. The fraction of sp³-hybridized carbons (Fsp3) is 0.438. The van der Waals surface area contributed by atoms with Gasteiger partial charge in [0.25, 0.3) is 0 Å². The molecule has 4 heteroatoms. The summed E-state index contributed by atoms with van der Waals surface area (Å²) in [4.78, 5) is 13.5. The molecule has 0 aromatic heterocycles. The average Bonchev–Trinajstić information content (AvgIpc) is 2.34. The molecule has 0 aliphatic heterocycles. The van der Waals surface area contributed by atoms with Gasteiger partial charge in [-0.3, -0.25) is 4.79 Å². The van der Waals surface area contributed by atoms with Crippen molar-refractivity contribution >= 4 is 12.0 Å². The number of amides is 1. The first-order chi connectivity index (χ1) is 9.23. The Morgan fingerprint density at radius 2 is 2.10 bits per heavy atom. The van der Waals surface area contributed by atoms with Crippen molar-refractivity contribution in [2.24, 2.45) is 0 Å². The molecule has 110 valence electrons. The number of hydrogen-bond donors (Lipinski definition) is 1. The molecule has 1 N–H and O–H groups in total. The Morgan fingerprint density at radius 3 is 2.65 bits per heavy atom. The first kappa shape index (κ1) is 16.2. The summed E-state index contributed by atoms with van der Waals surface area (Å²) in [6, 6.07) is 5.79. The van der Waals surface area contributed by atoms with Crippen LogP contribution in [0, 0.1) is 6.92 Å². The highest BCUT2D eigenvalue weighted by Gasteiger charge is 2.17. The van der Waals surface area contributed by atoms with Gasteiger partial charge in [-0.1, -0.05) is 11.6 Å². The van der Waals surface area contributed by atoms with Crippen LogP contribution in [-0.4, -0.2) is 42.2 Å². The van der Waals surface area contributed by atoms with Gasteiger partial charge in [-0.05, 0) is 39.0 Å². The molecule has 0 spiro atoms. The third kappa shape index (κ3) is 5.05. The summed E-state index contributed by atoms with van der Waals surface area (Å²) in [6.45, 7) is 5.61. The van der Waals surface area contributed by atoms with Crippen LogP contribution < -0.4 is 4.74 Å². The third-order valence-electron chi connectivity index (χ3n) is 2.79. The molecule has 0 saturated carbocycles. The predicted molar refractivity (Wildman–Crippen MR) is 80.7 cm³/mol. The Kier molecular flexibility index (Phi) is 5.34. The van der Waals surface area contributed by atoms with Crippen molar-refractivity contribution in [2.75, 3.05) is 20.7 Å². The molecular formula is C16H23NO3. The third-order valence-corrected chi connectivity index (χ3v) is 2.79. The minimum atomic E-state index is -0.903. The quantitative estimate of drug-likeness (QED) is 0.840. The first-order valence-electron chi connectivity index (χ1n) is 6.53. The SMILES string of the molecule is COc1ccc(C)cc1/C=C/C(=O)N(C)CC(C)(C)O. The summed E-state index contributed by atoms with van der Waals surface area (Å²) in [5, 5.41) is 9.70.